The van der Waals surface area contributed by atoms with Crippen LogP contribution in [0, 0.1) is 0 Å². The van der Waals surface area contributed by atoms with Crippen LogP contribution in [0.15, 0.2) is 30.7 Å². The first-order valence-corrected chi connectivity index (χ1v) is 5.70. The van der Waals surface area contributed by atoms with E-state index in [1.54, 1.807) is 24.4 Å². The van der Waals surface area contributed by atoms with Crippen molar-refractivity contribution in [3.63, 3.8) is 0 Å². The van der Waals surface area contributed by atoms with Crippen LogP contribution in [0.25, 0.3) is 10.9 Å². The zero-order valence-corrected chi connectivity index (χ0v) is 9.91. The maximum Gasteiger partial charge on any atom is 0.150 e. The van der Waals surface area contributed by atoms with Crippen molar-refractivity contribution in [3.8, 4) is 0 Å². The quantitative estimate of drug-likeness (QED) is 0.713. The number of aldehydes is 1. The molecule has 1 aliphatic heterocycles. The van der Waals surface area contributed by atoms with E-state index in [-0.39, 0.29) is 0 Å². The first kappa shape index (κ1) is 12.6. The van der Waals surface area contributed by atoms with Gasteiger partial charge >= 0.3 is 0 Å². The first-order valence-electron chi connectivity index (χ1n) is 5.70. The lowest BCUT2D eigenvalue weighted by Gasteiger charge is -2.09. The molecule has 0 bridgehead atoms. The highest BCUT2D eigenvalue weighted by molar-refractivity contribution is 5.85. The van der Waals surface area contributed by atoms with E-state index in [0.29, 0.717) is 5.56 Å². The van der Waals surface area contributed by atoms with Crippen LogP contribution < -0.4 is 0 Å². The molecule has 0 unspecified atom stereocenters. The number of carbonyl (C=O) groups is 1. The van der Waals surface area contributed by atoms with E-state index in [1.807, 2.05) is 0 Å². The van der Waals surface area contributed by atoms with Crippen molar-refractivity contribution in [1.29, 1.82) is 0 Å². The van der Waals surface area contributed by atoms with Gasteiger partial charge in [0.1, 0.15) is 12.6 Å². The zero-order valence-electron chi connectivity index (χ0n) is 9.91. The van der Waals surface area contributed by atoms with Crippen LogP contribution in [0.4, 0.5) is 0 Å². The van der Waals surface area contributed by atoms with Gasteiger partial charge in [0.2, 0.25) is 0 Å². The lowest BCUT2D eigenvalue weighted by molar-refractivity contribution is -0.0334. The molecule has 0 atom stereocenters. The van der Waals surface area contributed by atoms with Crippen LogP contribution in [-0.2, 0) is 9.47 Å². The Labute approximate surface area is 105 Å². The normalized spacial score (nSPS) is 14.7. The number of fused-ring (bicyclic) bond motifs is 1. The van der Waals surface area contributed by atoms with Crippen molar-refractivity contribution >= 4 is 17.2 Å². The monoisotopic (exact) mass is 246 g/mol. The average Bonchev–Trinajstić information content (AvgIpc) is 2.49. The molecule has 2 aromatic rings. The highest BCUT2D eigenvalue weighted by Gasteiger charge is 1.95. The van der Waals surface area contributed by atoms with E-state index < -0.39 is 0 Å². The lowest BCUT2D eigenvalue weighted by atomic mass is 10.2. The number of nitrogens with zero attached hydrogens (tertiary/aromatic N) is 2. The second-order valence-electron chi connectivity index (χ2n) is 3.68. The number of aromatic nitrogens is 2. The molecule has 3 rings (SSSR count). The van der Waals surface area contributed by atoms with Gasteiger partial charge in [0.15, 0.2) is 0 Å². The summed E-state index contributed by atoms with van der Waals surface area (Å²) in [6.45, 7) is 3.11. The Morgan fingerprint density at radius 3 is 2.44 bits per heavy atom. The zero-order chi connectivity index (χ0) is 12.6. The van der Waals surface area contributed by atoms with Gasteiger partial charge in [-0.3, -0.25) is 4.79 Å². The van der Waals surface area contributed by atoms with Crippen LogP contribution >= 0.6 is 0 Å². The van der Waals surface area contributed by atoms with E-state index in [0.717, 1.165) is 43.6 Å². The smallest absolute Gasteiger partial charge is 0.150 e. The minimum absolute atomic E-state index is 0.650. The van der Waals surface area contributed by atoms with Crippen LogP contribution in [-0.4, -0.2) is 42.7 Å². The van der Waals surface area contributed by atoms with Crippen molar-refractivity contribution in [2.75, 3.05) is 26.4 Å². The standard InChI is InChI=1S/C9H6N2O.C4H8O2/c12-5-7-1-2-9-8(3-7)4-10-6-11-9;1-2-6-4-3-5-1/h1-6H;1-4H2. The Kier molecular flexibility index (Phi) is 4.75. The maximum absolute atomic E-state index is 10.4. The van der Waals surface area contributed by atoms with Gasteiger partial charge in [-0.25, -0.2) is 9.97 Å². The summed E-state index contributed by atoms with van der Waals surface area (Å²) >= 11 is 0. The van der Waals surface area contributed by atoms with Gasteiger partial charge in [-0.1, -0.05) is 0 Å². The SMILES string of the molecule is C1COCCO1.O=Cc1ccc2ncncc2c1. The molecule has 0 N–H and O–H groups in total. The predicted octanol–water partition coefficient (Wildman–Crippen LogP) is 1.48. The third-order valence-corrected chi connectivity index (χ3v) is 2.41. The predicted molar refractivity (Wildman–Crippen MR) is 66.6 cm³/mol. The van der Waals surface area contributed by atoms with Crippen LogP contribution in [0.5, 0.6) is 0 Å². The van der Waals surface area contributed by atoms with Crippen molar-refractivity contribution in [1.82, 2.24) is 9.97 Å². The number of rotatable bonds is 1. The Balaban J connectivity index is 0.000000169. The van der Waals surface area contributed by atoms with E-state index in [2.05, 4.69) is 9.97 Å². The van der Waals surface area contributed by atoms with Crippen molar-refractivity contribution in [2.24, 2.45) is 0 Å². The number of hydrogen-bond acceptors (Lipinski definition) is 5. The molecule has 1 aromatic carbocycles. The molecule has 2 heterocycles. The molecule has 18 heavy (non-hydrogen) atoms. The van der Waals surface area contributed by atoms with Crippen LogP contribution in [0.3, 0.4) is 0 Å². The number of ether oxygens (including phenoxy) is 2. The maximum atomic E-state index is 10.4. The lowest BCUT2D eigenvalue weighted by Crippen LogP contribution is -2.16. The van der Waals surface area contributed by atoms with Gasteiger partial charge in [0.05, 0.1) is 31.9 Å². The largest absolute Gasteiger partial charge is 0.377 e. The van der Waals surface area contributed by atoms with E-state index >= 15 is 0 Å². The Bertz CT molecular complexity index is 501. The Morgan fingerprint density at radius 2 is 1.83 bits per heavy atom. The third kappa shape index (κ3) is 3.58. The van der Waals surface area contributed by atoms with Crippen molar-refractivity contribution in [3.05, 3.63) is 36.3 Å². The van der Waals surface area contributed by atoms with Crippen molar-refractivity contribution < 1.29 is 14.3 Å². The fraction of sp³-hybridized carbons (Fsp3) is 0.308. The summed E-state index contributed by atoms with van der Waals surface area (Å²) in [6, 6.07) is 5.31. The molecule has 0 spiro atoms. The van der Waals surface area contributed by atoms with E-state index in [9.17, 15) is 4.79 Å². The molecule has 5 heteroatoms. The minimum Gasteiger partial charge on any atom is -0.377 e. The first-order chi connectivity index (χ1) is 8.90. The van der Waals surface area contributed by atoms with Gasteiger partial charge < -0.3 is 9.47 Å². The molecule has 94 valence electrons. The molecule has 5 nitrogen and oxygen atoms in total. The summed E-state index contributed by atoms with van der Waals surface area (Å²) in [5, 5.41) is 0.891. The fourth-order valence-electron chi connectivity index (χ4n) is 1.52. The third-order valence-electron chi connectivity index (χ3n) is 2.41. The van der Waals surface area contributed by atoms with Crippen LogP contribution in [0.2, 0.25) is 0 Å². The Morgan fingerprint density at radius 1 is 1.11 bits per heavy atom. The summed E-state index contributed by atoms with van der Waals surface area (Å²) in [4.78, 5) is 18.3. The number of hydrogen-bond donors (Lipinski definition) is 0. The second kappa shape index (κ2) is 6.78. The summed E-state index contributed by atoms with van der Waals surface area (Å²) in [7, 11) is 0. The van der Waals surface area contributed by atoms with Crippen molar-refractivity contribution in [2.45, 2.75) is 0 Å². The molecule has 1 fully saturated rings. The molecular weight excluding hydrogens is 232 g/mol. The second-order valence-corrected chi connectivity index (χ2v) is 3.68. The minimum atomic E-state index is 0.650. The average molecular weight is 246 g/mol. The molecule has 0 saturated carbocycles. The van der Waals surface area contributed by atoms with Gasteiger partial charge in [0, 0.05) is 17.1 Å². The summed E-state index contributed by atoms with van der Waals surface area (Å²) < 4.78 is 9.89. The topological polar surface area (TPSA) is 61.3 Å². The highest BCUT2D eigenvalue weighted by Crippen LogP contribution is 2.10. The van der Waals surface area contributed by atoms with Gasteiger partial charge in [-0.15, -0.1) is 0 Å². The summed E-state index contributed by atoms with van der Waals surface area (Å²) in [5.74, 6) is 0. The molecule has 1 aromatic heterocycles. The summed E-state index contributed by atoms with van der Waals surface area (Å²) in [5.41, 5.74) is 1.51. The van der Waals surface area contributed by atoms with E-state index in [4.69, 9.17) is 9.47 Å². The van der Waals surface area contributed by atoms with Gasteiger partial charge in [-0.2, -0.15) is 0 Å². The van der Waals surface area contributed by atoms with E-state index in [1.165, 1.54) is 6.33 Å². The van der Waals surface area contributed by atoms with Crippen LogP contribution in [0.1, 0.15) is 10.4 Å². The van der Waals surface area contributed by atoms with Gasteiger partial charge in [0.25, 0.3) is 0 Å². The molecule has 0 radical (unpaired) electrons. The Hall–Kier alpha value is -1.85. The molecule has 0 amide bonds. The number of benzene rings is 1. The molecular formula is C13H14N2O3. The van der Waals surface area contributed by atoms with Gasteiger partial charge in [-0.05, 0) is 18.2 Å². The highest BCUT2D eigenvalue weighted by atomic mass is 16.6. The number of carbonyl (C=O) groups excluding carboxylic acids is 1. The molecule has 1 saturated heterocycles. The molecule has 0 aliphatic carbocycles. The molecule has 1 aliphatic rings. The summed E-state index contributed by atoms with van der Waals surface area (Å²) in [6.07, 6.45) is 3.99. The fourth-order valence-corrected chi connectivity index (χ4v) is 1.52.